The minimum Gasteiger partial charge on any atom is -0.419 e. The maximum atomic E-state index is 11.5. The number of hydrogen-bond acceptors (Lipinski definition) is 6. The summed E-state index contributed by atoms with van der Waals surface area (Å²) in [5.41, 5.74) is 2.04. The molecule has 2 aromatic rings. The number of imidazole rings is 1. The molecule has 0 aliphatic heterocycles. The van der Waals surface area contributed by atoms with Crippen molar-refractivity contribution in [3.05, 3.63) is 30.1 Å². The Labute approximate surface area is 166 Å². The van der Waals surface area contributed by atoms with Crippen LogP contribution >= 0.6 is 0 Å². The Morgan fingerprint density at radius 1 is 1.36 bits per heavy atom. The van der Waals surface area contributed by atoms with Crippen LogP contribution in [0.15, 0.2) is 28.6 Å². The Kier molecular flexibility index (Phi) is 6.04. The van der Waals surface area contributed by atoms with Crippen LogP contribution in [0.1, 0.15) is 33.1 Å². The van der Waals surface area contributed by atoms with Crippen molar-refractivity contribution in [3.63, 3.8) is 0 Å². The van der Waals surface area contributed by atoms with Crippen LogP contribution in [0.25, 0.3) is 11.6 Å². The van der Waals surface area contributed by atoms with Crippen molar-refractivity contribution in [1.29, 1.82) is 0 Å². The van der Waals surface area contributed by atoms with Crippen LogP contribution in [-0.4, -0.2) is 41.0 Å². The first-order valence-corrected chi connectivity index (χ1v) is 11.4. The van der Waals surface area contributed by atoms with Gasteiger partial charge in [0.15, 0.2) is 0 Å². The smallest absolute Gasteiger partial charge is 0.265 e. The van der Waals surface area contributed by atoms with E-state index in [-0.39, 0.29) is 5.92 Å². The average molecular weight is 408 g/mol. The molecule has 1 aliphatic carbocycles. The first kappa shape index (κ1) is 20.7. The molecule has 1 aliphatic rings. The molecule has 0 amide bonds. The summed E-state index contributed by atoms with van der Waals surface area (Å²) >= 11 is 0. The maximum Gasteiger partial charge on any atom is 0.265 e. The number of sulfonamides is 1. The van der Waals surface area contributed by atoms with Gasteiger partial charge in [0.2, 0.25) is 15.9 Å². The van der Waals surface area contributed by atoms with E-state index in [4.69, 9.17) is 4.42 Å². The summed E-state index contributed by atoms with van der Waals surface area (Å²) in [7, 11) is -1.31. The molecule has 0 radical (unpaired) electrons. The second-order valence-corrected chi connectivity index (χ2v) is 9.96. The van der Waals surface area contributed by atoms with Crippen LogP contribution in [-0.2, 0) is 23.5 Å². The molecule has 28 heavy (non-hydrogen) atoms. The first-order chi connectivity index (χ1) is 13.1. The molecular formula is C19H29N5O3S. The molecule has 0 spiro atoms. The van der Waals surface area contributed by atoms with Gasteiger partial charge in [-0.15, -0.1) is 10.2 Å². The van der Waals surface area contributed by atoms with Gasteiger partial charge < -0.3 is 8.98 Å². The van der Waals surface area contributed by atoms with E-state index in [2.05, 4.69) is 46.8 Å². The Morgan fingerprint density at radius 3 is 2.71 bits per heavy atom. The minimum absolute atomic E-state index is 0.193. The third kappa shape index (κ3) is 4.88. The molecule has 154 valence electrons. The van der Waals surface area contributed by atoms with Gasteiger partial charge in [-0.3, -0.25) is 0 Å². The Bertz CT molecular complexity index is 944. The van der Waals surface area contributed by atoms with Crippen LogP contribution < -0.4 is 4.72 Å². The van der Waals surface area contributed by atoms with Crippen molar-refractivity contribution < 1.29 is 12.8 Å². The van der Waals surface area contributed by atoms with Gasteiger partial charge in [-0.25, -0.2) is 18.1 Å². The predicted molar refractivity (Wildman–Crippen MR) is 107 cm³/mol. The standard InChI is InChI=1S/C19H29N5O3S/c1-12(2)16-7-14(13(3)6-15(16)9-21-28(5,25)26)8-18-22-23-19(27-18)17-10-20-11-24(17)4/h6,10-12,14-16,21H,7-9H2,1-5H3. The lowest BCUT2D eigenvalue weighted by atomic mass is 9.70. The van der Waals surface area contributed by atoms with E-state index >= 15 is 0 Å². The van der Waals surface area contributed by atoms with Crippen LogP contribution in [0.4, 0.5) is 0 Å². The van der Waals surface area contributed by atoms with Crippen molar-refractivity contribution in [1.82, 2.24) is 24.5 Å². The van der Waals surface area contributed by atoms with Crippen LogP contribution in [0.3, 0.4) is 0 Å². The molecule has 0 saturated carbocycles. The molecule has 8 nitrogen and oxygen atoms in total. The molecule has 9 heteroatoms. The summed E-state index contributed by atoms with van der Waals surface area (Å²) in [5.74, 6) is 2.43. The lowest BCUT2D eigenvalue weighted by Gasteiger charge is -2.36. The number of allylic oxidation sites excluding steroid dienone is 1. The van der Waals surface area contributed by atoms with E-state index in [0.717, 1.165) is 12.1 Å². The van der Waals surface area contributed by atoms with Gasteiger partial charge in [-0.05, 0) is 37.0 Å². The fourth-order valence-corrected chi connectivity index (χ4v) is 4.46. The number of hydrogen-bond donors (Lipinski definition) is 1. The summed E-state index contributed by atoms with van der Waals surface area (Å²) < 4.78 is 33.4. The lowest BCUT2D eigenvalue weighted by Crippen LogP contribution is -2.36. The summed E-state index contributed by atoms with van der Waals surface area (Å²) in [6.07, 6.45) is 8.48. The van der Waals surface area contributed by atoms with E-state index in [1.54, 1.807) is 12.5 Å². The zero-order valence-corrected chi connectivity index (χ0v) is 17.9. The zero-order chi connectivity index (χ0) is 20.5. The molecule has 3 rings (SSSR count). The molecule has 0 bridgehead atoms. The van der Waals surface area contributed by atoms with E-state index in [0.29, 0.717) is 42.5 Å². The van der Waals surface area contributed by atoms with Crippen LogP contribution in [0.5, 0.6) is 0 Å². The molecule has 3 unspecified atom stereocenters. The molecule has 0 aromatic carbocycles. The van der Waals surface area contributed by atoms with Crippen LogP contribution in [0.2, 0.25) is 0 Å². The van der Waals surface area contributed by atoms with E-state index in [9.17, 15) is 8.42 Å². The third-order valence-electron chi connectivity index (χ3n) is 5.59. The van der Waals surface area contributed by atoms with Crippen molar-refractivity contribution in [2.24, 2.45) is 30.7 Å². The topological polar surface area (TPSA) is 103 Å². The Balaban J connectivity index is 1.74. The first-order valence-electron chi connectivity index (χ1n) is 9.56. The number of rotatable bonds is 7. The SMILES string of the molecule is CC1=CC(CNS(C)(=O)=O)C(C(C)C)CC1Cc1nnc(-c2cncn2C)o1. The number of nitrogens with zero attached hydrogens (tertiary/aromatic N) is 4. The second-order valence-electron chi connectivity index (χ2n) is 8.13. The largest absolute Gasteiger partial charge is 0.419 e. The molecular weight excluding hydrogens is 378 g/mol. The number of nitrogens with one attached hydrogen (secondary N) is 1. The molecule has 0 saturated heterocycles. The van der Waals surface area contributed by atoms with E-state index in [1.165, 1.54) is 11.8 Å². The van der Waals surface area contributed by atoms with Gasteiger partial charge in [0.1, 0.15) is 5.69 Å². The van der Waals surface area contributed by atoms with Gasteiger partial charge in [-0.1, -0.05) is 25.5 Å². The van der Waals surface area contributed by atoms with Gasteiger partial charge in [0.05, 0.1) is 18.8 Å². The predicted octanol–water partition coefficient (Wildman–Crippen LogP) is 2.42. The molecule has 0 fully saturated rings. The molecule has 3 atom stereocenters. The van der Waals surface area contributed by atoms with Crippen molar-refractivity contribution in [3.8, 4) is 11.6 Å². The molecule has 2 aromatic heterocycles. The fourth-order valence-electron chi connectivity index (χ4n) is 3.97. The summed E-state index contributed by atoms with van der Waals surface area (Å²) in [4.78, 5) is 4.08. The second kappa shape index (κ2) is 8.16. The average Bonchev–Trinajstić information content (AvgIpc) is 3.22. The lowest BCUT2D eigenvalue weighted by molar-refractivity contribution is 0.223. The number of aromatic nitrogens is 4. The quantitative estimate of drug-likeness (QED) is 0.707. The highest BCUT2D eigenvalue weighted by Gasteiger charge is 2.32. The third-order valence-corrected chi connectivity index (χ3v) is 6.28. The molecule has 1 N–H and O–H groups in total. The maximum absolute atomic E-state index is 11.5. The fraction of sp³-hybridized carbons (Fsp3) is 0.632. The highest BCUT2D eigenvalue weighted by atomic mass is 32.2. The number of aryl methyl sites for hydroxylation is 1. The Morgan fingerprint density at radius 2 is 2.11 bits per heavy atom. The van der Waals surface area contributed by atoms with E-state index in [1.807, 2.05) is 11.6 Å². The van der Waals surface area contributed by atoms with Gasteiger partial charge in [-0.2, -0.15) is 0 Å². The van der Waals surface area contributed by atoms with E-state index < -0.39 is 10.0 Å². The minimum atomic E-state index is -3.19. The van der Waals surface area contributed by atoms with Crippen molar-refractivity contribution in [2.45, 2.75) is 33.6 Å². The monoisotopic (exact) mass is 407 g/mol. The highest BCUT2D eigenvalue weighted by molar-refractivity contribution is 7.88. The van der Waals surface area contributed by atoms with Crippen molar-refractivity contribution in [2.75, 3.05) is 12.8 Å². The summed E-state index contributed by atoms with van der Waals surface area (Å²) in [5, 5.41) is 8.38. The van der Waals surface area contributed by atoms with Crippen molar-refractivity contribution >= 4 is 10.0 Å². The summed E-state index contributed by atoms with van der Waals surface area (Å²) in [6, 6.07) is 0. The Hall–Kier alpha value is -2.00. The van der Waals surface area contributed by atoms with Crippen LogP contribution in [0, 0.1) is 23.7 Å². The van der Waals surface area contributed by atoms with Gasteiger partial charge in [0, 0.05) is 20.0 Å². The summed E-state index contributed by atoms with van der Waals surface area (Å²) in [6.45, 7) is 6.93. The normalized spacial score (nSPS) is 23.2. The van der Waals surface area contributed by atoms with Gasteiger partial charge in [0.25, 0.3) is 5.89 Å². The highest BCUT2D eigenvalue weighted by Crippen LogP contribution is 2.38. The van der Waals surface area contributed by atoms with Gasteiger partial charge >= 0.3 is 0 Å². The molecule has 2 heterocycles. The zero-order valence-electron chi connectivity index (χ0n) is 17.1.